The summed E-state index contributed by atoms with van der Waals surface area (Å²) in [4.78, 5) is 30.6. The molecule has 0 bridgehead atoms. The molecule has 8 heteroatoms. The van der Waals surface area contributed by atoms with Crippen LogP contribution in [0.3, 0.4) is 0 Å². The van der Waals surface area contributed by atoms with E-state index in [9.17, 15) is 18.4 Å². The van der Waals surface area contributed by atoms with Crippen molar-refractivity contribution >= 4 is 17.4 Å². The fraction of sp³-hybridized carbons (Fsp3) is 0.448. The molecule has 37 heavy (non-hydrogen) atoms. The van der Waals surface area contributed by atoms with Gasteiger partial charge in [0.05, 0.1) is 25.2 Å². The van der Waals surface area contributed by atoms with Gasteiger partial charge in [0.1, 0.15) is 11.6 Å². The smallest absolute Gasteiger partial charge is 0.228 e. The van der Waals surface area contributed by atoms with Crippen LogP contribution in [0.1, 0.15) is 44.4 Å². The number of amides is 2. The Kier molecular flexibility index (Phi) is 8.09. The summed E-state index contributed by atoms with van der Waals surface area (Å²) < 4.78 is 34.0. The Morgan fingerprint density at radius 1 is 1.08 bits per heavy atom. The van der Waals surface area contributed by atoms with E-state index < -0.39 is 35.1 Å². The van der Waals surface area contributed by atoms with E-state index >= 15 is 0 Å². The van der Waals surface area contributed by atoms with E-state index in [1.807, 2.05) is 57.2 Å². The van der Waals surface area contributed by atoms with Crippen LogP contribution < -0.4 is 5.73 Å². The zero-order valence-corrected chi connectivity index (χ0v) is 21.6. The molecule has 0 aromatic heterocycles. The van der Waals surface area contributed by atoms with Gasteiger partial charge in [0.15, 0.2) is 0 Å². The fourth-order valence-electron chi connectivity index (χ4n) is 5.31. The summed E-state index contributed by atoms with van der Waals surface area (Å²) in [5.74, 6) is -2.08. The first-order chi connectivity index (χ1) is 17.6. The lowest BCUT2D eigenvalue weighted by Crippen LogP contribution is -2.52. The first-order valence-corrected chi connectivity index (χ1v) is 12.7. The molecule has 0 spiro atoms. The molecule has 2 aromatic rings. The van der Waals surface area contributed by atoms with Crippen molar-refractivity contribution < 1.29 is 23.1 Å². The normalized spacial score (nSPS) is 19.9. The second-order valence-corrected chi connectivity index (χ2v) is 10.8. The molecule has 3 atom stereocenters. The monoisotopic (exact) mass is 511 g/mol. The van der Waals surface area contributed by atoms with Gasteiger partial charge in [0.25, 0.3) is 0 Å². The Morgan fingerprint density at radius 3 is 2.41 bits per heavy atom. The highest BCUT2D eigenvalue weighted by Gasteiger charge is 2.43. The van der Waals surface area contributed by atoms with Crippen LogP contribution in [0, 0.1) is 23.0 Å². The average molecular weight is 512 g/mol. The van der Waals surface area contributed by atoms with Crippen LogP contribution in [0.25, 0.3) is 5.57 Å². The molecule has 6 nitrogen and oxygen atoms in total. The molecule has 2 aromatic carbocycles. The van der Waals surface area contributed by atoms with Crippen molar-refractivity contribution in [3.8, 4) is 0 Å². The van der Waals surface area contributed by atoms with Crippen molar-refractivity contribution in [1.29, 1.82) is 0 Å². The van der Waals surface area contributed by atoms with Crippen LogP contribution in [0.4, 0.5) is 8.78 Å². The Balaban J connectivity index is 1.64. The Morgan fingerprint density at radius 2 is 1.76 bits per heavy atom. The number of morpholine rings is 1. The number of rotatable bonds is 6. The van der Waals surface area contributed by atoms with E-state index in [0.717, 1.165) is 23.8 Å². The number of carbonyl (C=O) groups excluding carboxylic acids is 2. The fourth-order valence-corrected chi connectivity index (χ4v) is 5.31. The third-order valence-corrected chi connectivity index (χ3v) is 7.14. The Labute approximate surface area is 217 Å². The lowest BCUT2D eigenvalue weighted by atomic mass is 9.74. The zero-order chi connectivity index (χ0) is 26.7. The van der Waals surface area contributed by atoms with Gasteiger partial charge in [-0.25, -0.2) is 8.78 Å². The summed E-state index contributed by atoms with van der Waals surface area (Å²) >= 11 is 0. The van der Waals surface area contributed by atoms with Crippen molar-refractivity contribution in [3.05, 3.63) is 77.4 Å². The molecule has 1 unspecified atom stereocenters. The van der Waals surface area contributed by atoms with Crippen molar-refractivity contribution in [2.45, 2.75) is 39.3 Å². The lowest BCUT2D eigenvalue weighted by Gasteiger charge is -2.39. The van der Waals surface area contributed by atoms with E-state index in [1.54, 1.807) is 9.80 Å². The molecule has 2 aliphatic heterocycles. The minimum atomic E-state index is -0.714. The highest BCUT2D eigenvalue weighted by molar-refractivity contribution is 5.87. The SMILES string of the molecule is CC(C)(C)[C@H](C(=O)N1CC(c2cc(F)ccc2F)=C[C@H]1c1ccccc1)C(N)CC(=O)N1CCOCC1. The molecule has 0 aliphatic carbocycles. The quantitative estimate of drug-likeness (QED) is 0.632. The summed E-state index contributed by atoms with van der Waals surface area (Å²) in [6.45, 7) is 7.90. The third kappa shape index (κ3) is 6.08. The van der Waals surface area contributed by atoms with Crippen LogP contribution in [0.15, 0.2) is 54.6 Å². The molecule has 2 heterocycles. The Bertz CT molecular complexity index is 1160. The van der Waals surface area contributed by atoms with E-state index in [1.165, 1.54) is 0 Å². The minimum absolute atomic E-state index is 0.0380. The summed E-state index contributed by atoms with van der Waals surface area (Å²) in [6, 6.07) is 11.6. The number of hydrogen-bond acceptors (Lipinski definition) is 4. The summed E-state index contributed by atoms with van der Waals surface area (Å²) in [5.41, 5.74) is 7.58. The van der Waals surface area contributed by atoms with Gasteiger partial charge < -0.3 is 20.3 Å². The maximum absolute atomic E-state index is 14.7. The molecule has 1 saturated heterocycles. The predicted octanol–water partition coefficient (Wildman–Crippen LogP) is 4.17. The molecule has 1 fully saturated rings. The van der Waals surface area contributed by atoms with E-state index in [2.05, 4.69) is 0 Å². The highest BCUT2D eigenvalue weighted by atomic mass is 19.1. The van der Waals surface area contributed by atoms with Gasteiger partial charge in [-0.3, -0.25) is 9.59 Å². The predicted molar refractivity (Wildman–Crippen MR) is 138 cm³/mol. The van der Waals surface area contributed by atoms with Gasteiger partial charge in [-0.15, -0.1) is 0 Å². The highest BCUT2D eigenvalue weighted by Crippen LogP contribution is 2.40. The van der Waals surface area contributed by atoms with Crippen LogP contribution in [0.2, 0.25) is 0 Å². The van der Waals surface area contributed by atoms with E-state index in [4.69, 9.17) is 10.5 Å². The molecule has 0 saturated carbocycles. The molecule has 2 aliphatic rings. The van der Waals surface area contributed by atoms with Crippen molar-refractivity contribution in [2.24, 2.45) is 17.1 Å². The Hall–Kier alpha value is -3.10. The summed E-state index contributed by atoms with van der Waals surface area (Å²) in [6.07, 6.45) is 1.85. The largest absolute Gasteiger partial charge is 0.378 e. The zero-order valence-electron chi connectivity index (χ0n) is 21.6. The second-order valence-electron chi connectivity index (χ2n) is 10.8. The van der Waals surface area contributed by atoms with E-state index in [0.29, 0.717) is 31.9 Å². The van der Waals surface area contributed by atoms with Gasteiger partial charge in [0.2, 0.25) is 11.8 Å². The molecule has 0 radical (unpaired) electrons. The second kappa shape index (κ2) is 11.1. The average Bonchev–Trinajstić information content (AvgIpc) is 3.31. The van der Waals surface area contributed by atoms with Gasteiger partial charge in [-0.1, -0.05) is 57.2 Å². The van der Waals surface area contributed by atoms with Crippen molar-refractivity contribution in [1.82, 2.24) is 9.80 Å². The van der Waals surface area contributed by atoms with Gasteiger partial charge >= 0.3 is 0 Å². The van der Waals surface area contributed by atoms with Crippen LogP contribution in [0.5, 0.6) is 0 Å². The number of nitrogens with two attached hydrogens (primary N) is 1. The molecule has 4 rings (SSSR count). The number of carbonyl (C=O) groups is 2. The van der Waals surface area contributed by atoms with Crippen molar-refractivity contribution in [3.63, 3.8) is 0 Å². The molecule has 2 amide bonds. The maximum atomic E-state index is 14.7. The first-order valence-electron chi connectivity index (χ1n) is 12.7. The maximum Gasteiger partial charge on any atom is 0.228 e. The number of nitrogens with zero attached hydrogens (tertiary/aromatic N) is 2. The van der Waals surface area contributed by atoms with Crippen LogP contribution in [-0.2, 0) is 14.3 Å². The standard InChI is InChI=1S/C29H35F2N3O3/c1-29(2,3)27(24(32)17-26(35)33-11-13-37-14-12-33)28(36)34-18-20(22-16-21(30)9-10-23(22)31)15-25(34)19-7-5-4-6-8-19/h4-10,15-16,24-25,27H,11-14,17-18,32H2,1-3H3/t24?,25-,27-/m0/s1. The topological polar surface area (TPSA) is 75.9 Å². The summed E-state index contributed by atoms with van der Waals surface area (Å²) in [5, 5.41) is 0. The van der Waals surface area contributed by atoms with Gasteiger partial charge in [-0.05, 0) is 34.8 Å². The molecule has 198 valence electrons. The molecular formula is C29H35F2N3O3. The van der Waals surface area contributed by atoms with Gasteiger partial charge in [-0.2, -0.15) is 0 Å². The van der Waals surface area contributed by atoms with Crippen molar-refractivity contribution in [2.75, 3.05) is 32.8 Å². The number of ether oxygens (including phenoxy) is 1. The van der Waals surface area contributed by atoms with Gasteiger partial charge in [0, 0.05) is 37.7 Å². The van der Waals surface area contributed by atoms with Crippen LogP contribution >= 0.6 is 0 Å². The number of benzene rings is 2. The minimum Gasteiger partial charge on any atom is -0.378 e. The summed E-state index contributed by atoms with van der Waals surface area (Å²) in [7, 11) is 0. The lowest BCUT2D eigenvalue weighted by molar-refractivity contribution is -0.142. The number of hydrogen-bond donors (Lipinski definition) is 1. The van der Waals surface area contributed by atoms with Crippen LogP contribution in [-0.4, -0.2) is 60.5 Å². The number of halogens is 2. The molecular weight excluding hydrogens is 476 g/mol. The molecule has 2 N–H and O–H groups in total. The van der Waals surface area contributed by atoms with E-state index in [-0.39, 0.29) is 30.3 Å². The first kappa shape index (κ1) is 26.9. The third-order valence-electron chi connectivity index (χ3n) is 7.14.